The molecule has 0 radical (unpaired) electrons. The van der Waals surface area contributed by atoms with Gasteiger partial charge < -0.3 is 10.5 Å². The van der Waals surface area contributed by atoms with E-state index in [9.17, 15) is 0 Å². The van der Waals surface area contributed by atoms with Gasteiger partial charge in [0, 0.05) is 0 Å². The van der Waals surface area contributed by atoms with E-state index < -0.39 is 0 Å². The van der Waals surface area contributed by atoms with Crippen LogP contribution in [0.2, 0.25) is 0 Å². The molecule has 0 saturated heterocycles. The van der Waals surface area contributed by atoms with Gasteiger partial charge in [0.05, 0.1) is 17.3 Å². The number of nitrogens with two attached hydrogens (primary N) is 1. The minimum absolute atomic E-state index is 0.406. The maximum absolute atomic E-state index is 8.81. The number of hydrogen-bond donors (Lipinski definition) is 1. The van der Waals surface area contributed by atoms with Gasteiger partial charge in [-0.05, 0) is 42.3 Å². The standard InChI is InChI=1S/C15H14N2O/c1-11-5-6-15(14(17)7-11)18-10-13-4-2-3-12(8-13)9-16/h2-8H,10,17H2,1H3. The second kappa shape index (κ2) is 5.24. The number of anilines is 1. The Morgan fingerprint density at radius 3 is 2.78 bits per heavy atom. The zero-order chi connectivity index (χ0) is 13.0. The van der Waals surface area contributed by atoms with Crippen molar-refractivity contribution in [1.29, 1.82) is 5.26 Å². The van der Waals surface area contributed by atoms with E-state index in [1.54, 1.807) is 6.07 Å². The van der Waals surface area contributed by atoms with Crippen LogP contribution < -0.4 is 10.5 Å². The summed E-state index contributed by atoms with van der Waals surface area (Å²) in [6.45, 7) is 2.39. The average molecular weight is 238 g/mol. The van der Waals surface area contributed by atoms with Gasteiger partial charge in [-0.2, -0.15) is 5.26 Å². The third kappa shape index (κ3) is 2.80. The molecule has 0 spiro atoms. The molecule has 0 aliphatic heterocycles. The Morgan fingerprint density at radius 1 is 1.22 bits per heavy atom. The molecule has 0 saturated carbocycles. The van der Waals surface area contributed by atoms with Crippen LogP contribution in [0.15, 0.2) is 42.5 Å². The molecule has 0 amide bonds. The largest absolute Gasteiger partial charge is 0.487 e. The zero-order valence-electron chi connectivity index (χ0n) is 10.2. The number of aryl methyl sites for hydroxylation is 1. The van der Waals surface area contributed by atoms with Gasteiger partial charge in [0.2, 0.25) is 0 Å². The number of nitriles is 1. The Labute approximate surface area is 106 Å². The molecule has 3 nitrogen and oxygen atoms in total. The molecule has 3 heteroatoms. The van der Waals surface area contributed by atoms with Crippen molar-refractivity contribution in [2.45, 2.75) is 13.5 Å². The molecule has 0 fully saturated rings. The fourth-order valence-electron chi connectivity index (χ4n) is 1.69. The molecule has 0 atom stereocenters. The molecule has 2 N–H and O–H groups in total. The number of benzene rings is 2. The summed E-state index contributed by atoms with van der Waals surface area (Å²) in [7, 11) is 0. The van der Waals surface area contributed by atoms with E-state index in [0.29, 0.717) is 23.6 Å². The topological polar surface area (TPSA) is 59.0 Å². The smallest absolute Gasteiger partial charge is 0.142 e. The van der Waals surface area contributed by atoms with Crippen LogP contribution in [0.4, 0.5) is 5.69 Å². The number of hydrogen-bond acceptors (Lipinski definition) is 3. The van der Waals surface area contributed by atoms with Crippen molar-refractivity contribution in [3.63, 3.8) is 0 Å². The third-order valence-corrected chi connectivity index (χ3v) is 2.62. The first kappa shape index (κ1) is 12.0. The molecule has 90 valence electrons. The van der Waals surface area contributed by atoms with Crippen LogP contribution in [0, 0.1) is 18.3 Å². The van der Waals surface area contributed by atoms with Crippen molar-refractivity contribution in [2.24, 2.45) is 0 Å². The first-order valence-corrected chi connectivity index (χ1v) is 5.67. The van der Waals surface area contributed by atoms with Gasteiger partial charge in [-0.1, -0.05) is 18.2 Å². The van der Waals surface area contributed by atoms with E-state index in [-0.39, 0.29) is 0 Å². The summed E-state index contributed by atoms with van der Waals surface area (Å²) in [4.78, 5) is 0. The third-order valence-electron chi connectivity index (χ3n) is 2.62. The van der Waals surface area contributed by atoms with Crippen LogP contribution in [-0.2, 0) is 6.61 Å². The number of nitrogens with zero attached hydrogens (tertiary/aromatic N) is 1. The van der Waals surface area contributed by atoms with Gasteiger partial charge >= 0.3 is 0 Å². The molecule has 0 unspecified atom stereocenters. The molecule has 0 aliphatic carbocycles. The lowest BCUT2D eigenvalue weighted by Crippen LogP contribution is -1.99. The Hall–Kier alpha value is -2.47. The van der Waals surface area contributed by atoms with Crippen molar-refractivity contribution in [2.75, 3.05) is 5.73 Å². The van der Waals surface area contributed by atoms with Gasteiger partial charge in [0.15, 0.2) is 0 Å². The fourth-order valence-corrected chi connectivity index (χ4v) is 1.69. The van der Waals surface area contributed by atoms with Crippen molar-refractivity contribution in [1.82, 2.24) is 0 Å². The Kier molecular flexibility index (Phi) is 3.49. The van der Waals surface area contributed by atoms with Crippen LogP contribution in [0.5, 0.6) is 5.75 Å². The number of ether oxygens (including phenoxy) is 1. The Bertz CT molecular complexity index is 600. The van der Waals surface area contributed by atoms with Crippen molar-refractivity contribution < 1.29 is 4.74 Å². The fraction of sp³-hybridized carbons (Fsp3) is 0.133. The predicted octanol–water partition coefficient (Wildman–Crippen LogP) is 3.03. The van der Waals surface area contributed by atoms with Gasteiger partial charge in [-0.15, -0.1) is 0 Å². The van der Waals surface area contributed by atoms with Crippen molar-refractivity contribution in [3.8, 4) is 11.8 Å². The van der Waals surface area contributed by atoms with E-state index in [1.165, 1.54) is 0 Å². The Balaban J connectivity index is 2.09. The molecular formula is C15H14N2O. The highest BCUT2D eigenvalue weighted by Gasteiger charge is 2.01. The summed E-state index contributed by atoms with van der Waals surface area (Å²) < 4.78 is 5.64. The highest BCUT2D eigenvalue weighted by Crippen LogP contribution is 2.23. The highest BCUT2D eigenvalue weighted by molar-refractivity contribution is 5.54. The summed E-state index contributed by atoms with van der Waals surface area (Å²) in [5.74, 6) is 0.669. The highest BCUT2D eigenvalue weighted by atomic mass is 16.5. The monoisotopic (exact) mass is 238 g/mol. The summed E-state index contributed by atoms with van der Waals surface area (Å²) in [6.07, 6.45) is 0. The summed E-state index contributed by atoms with van der Waals surface area (Å²) in [6, 6.07) is 15.1. The number of rotatable bonds is 3. The predicted molar refractivity (Wildman–Crippen MR) is 71.1 cm³/mol. The molecule has 2 aromatic rings. The minimum Gasteiger partial charge on any atom is -0.487 e. The van der Waals surface area contributed by atoms with Gasteiger partial charge in [-0.25, -0.2) is 0 Å². The van der Waals surface area contributed by atoms with E-state index in [1.807, 2.05) is 43.3 Å². The molecule has 18 heavy (non-hydrogen) atoms. The van der Waals surface area contributed by atoms with E-state index in [0.717, 1.165) is 11.1 Å². The van der Waals surface area contributed by atoms with Crippen LogP contribution in [0.3, 0.4) is 0 Å². The average Bonchev–Trinajstić information content (AvgIpc) is 2.38. The molecule has 0 aromatic heterocycles. The Morgan fingerprint density at radius 2 is 2.06 bits per heavy atom. The quantitative estimate of drug-likeness (QED) is 0.836. The van der Waals surface area contributed by atoms with Gasteiger partial charge in [0.25, 0.3) is 0 Å². The van der Waals surface area contributed by atoms with Crippen molar-refractivity contribution >= 4 is 5.69 Å². The zero-order valence-corrected chi connectivity index (χ0v) is 10.2. The van der Waals surface area contributed by atoms with E-state index in [2.05, 4.69) is 6.07 Å². The molecule has 0 heterocycles. The first-order chi connectivity index (χ1) is 8.69. The second-order valence-corrected chi connectivity index (χ2v) is 4.14. The molecular weight excluding hydrogens is 224 g/mol. The maximum Gasteiger partial charge on any atom is 0.142 e. The lowest BCUT2D eigenvalue weighted by molar-refractivity contribution is 0.308. The summed E-state index contributed by atoms with van der Waals surface area (Å²) in [5.41, 5.74) is 9.18. The normalized spacial score (nSPS) is 9.78. The van der Waals surface area contributed by atoms with Gasteiger partial charge in [0.1, 0.15) is 12.4 Å². The molecule has 0 bridgehead atoms. The van der Waals surface area contributed by atoms with E-state index >= 15 is 0 Å². The lowest BCUT2D eigenvalue weighted by Gasteiger charge is -2.09. The molecule has 2 aromatic carbocycles. The maximum atomic E-state index is 8.81. The molecule has 2 rings (SSSR count). The minimum atomic E-state index is 0.406. The van der Waals surface area contributed by atoms with Gasteiger partial charge in [-0.3, -0.25) is 0 Å². The van der Waals surface area contributed by atoms with Crippen molar-refractivity contribution in [3.05, 3.63) is 59.2 Å². The summed E-state index contributed by atoms with van der Waals surface area (Å²) >= 11 is 0. The van der Waals surface area contributed by atoms with Crippen LogP contribution in [0.25, 0.3) is 0 Å². The second-order valence-electron chi connectivity index (χ2n) is 4.14. The summed E-state index contributed by atoms with van der Waals surface area (Å²) in [5, 5.41) is 8.81. The number of nitrogen functional groups attached to an aromatic ring is 1. The molecule has 0 aliphatic rings. The first-order valence-electron chi connectivity index (χ1n) is 5.67. The van der Waals surface area contributed by atoms with Crippen LogP contribution in [-0.4, -0.2) is 0 Å². The SMILES string of the molecule is Cc1ccc(OCc2cccc(C#N)c2)c(N)c1. The van der Waals surface area contributed by atoms with Crippen LogP contribution in [0.1, 0.15) is 16.7 Å². The van der Waals surface area contributed by atoms with Crippen LogP contribution >= 0.6 is 0 Å². The van der Waals surface area contributed by atoms with E-state index in [4.69, 9.17) is 15.7 Å². The lowest BCUT2D eigenvalue weighted by atomic mass is 10.1.